The van der Waals surface area contributed by atoms with Crippen LogP contribution in [0.3, 0.4) is 0 Å². The van der Waals surface area contributed by atoms with Crippen molar-refractivity contribution in [3.8, 4) is 11.5 Å². The Hall–Kier alpha value is -3.10. The number of aromatic hydroxyl groups is 2. The van der Waals surface area contributed by atoms with Gasteiger partial charge in [-0.2, -0.15) is 0 Å². The number of hydrogen-bond acceptors (Lipinski definition) is 6. The Morgan fingerprint density at radius 2 is 0.878 bits per heavy atom. The van der Waals surface area contributed by atoms with Gasteiger partial charge in [-0.3, -0.25) is 19.6 Å². The van der Waals surface area contributed by atoms with Gasteiger partial charge >= 0.3 is 0 Å². The average molecular weight is 569 g/mol. The lowest BCUT2D eigenvalue weighted by Crippen LogP contribution is -2.43. The van der Waals surface area contributed by atoms with E-state index in [0.29, 0.717) is 11.1 Å². The van der Waals surface area contributed by atoms with Crippen LogP contribution in [-0.2, 0) is 44.3 Å². The van der Waals surface area contributed by atoms with E-state index in [4.69, 9.17) is 11.7 Å². The minimum absolute atomic E-state index is 0.0706. The number of nitrogens with zero attached hydrogens (tertiary/aromatic N) is 2. The molecule has 41 heavy (non-hydrogen) atoms. The van der Waals surface area contributed by atoms with Gasteiger partial charge in [-0.05, 0) is 56.0 Å². The van der Waals surface area contributed by atoms with E-state index >= 15 is 0 Å². The molecule has 8 heteroatoms. The Morgan fingerprint density at radius 1 is 0.585 bits per heavy atom. The highest BCUT2D eigenvalue weighted by Gasteiger charge is 2.28. The molecule has 228 valence electrons. The van der Waals surface area contributed by atoms with Crippen LogP contribution in [0.1, 0.15) is 123 Å². The van der Waals surface area contributed by atoms with Crippen LogP contribution < -0.4 is 11.7 Å². The van der Waals surface area contributed by atoms with Gasteiger partial charge < -0.3 is 10.2 Å². The van der Waals surface area contributed by atoms with Gasteiger partial charge in [-0.25, -0.2) is 11.7 Å². The normalized spacial score (nSPS) is 12.8. The molecule has 0 aliphatic carbocycles. The fraction of sp³-hybridized carbons (Fsp3) is 0.576. The number of rotatable bonds is 6. The molecule has 0 aliphatic heterocycles. The third kappa shape index (κ3) is 8.46. The number of benzene rings is 2. The third-order valence-corrected chi connectivity index (χ3v) is 7.35. The summed E-state index contributed by atoms with van der Waals surface area (Å²) in [5.74, 6) is 11.1. The van der Waals surface area contributed by atoms with Crippen molar-refractivity contribution in [2.75, 3.05) is 0 Å². The van der Waals surface area contributed by atoms with Gasteiger partial charge in [0, 0.05) is 11.1 Å². The minimum atomic E-state index is -0.633. The van der Waals surface area contributed by atoms with E-state index in [9.17, 15) is 19.8 Å². The number of phenols is 2. The number of phenolic OH excluding ortho intramolecular Hbond substituents is 2. The molecule has 0 saturated heterocycles. The molecular formula is C33H52N4O4. The van der Waals surface area contributed by atoms with Crippen LogP contribution in [0.4, 0.5) is 0 Å². The van der Waals surface area contributed by atoms with Crippen molar-refractivity contribution < 1.29 is 19.8 Å². The Morgan fingerprint density at radius 3 is 1.12 bits per heavy atom. The molecule has 2 aromatic rings. The summed E-state index contributed by atoms with van der Waals surface area (Å²) in [5.41, 5.74) is 3.51. The van der Waals surface area contributed by atoms with Crippen molar-refractivity contribution in [1.29, 1.82) is 0 Å². The lowest BCUT2D eigenvalue weighted by Gasteiger charge is -2.29. The molecule has 6 N–H and O–H groups in total. The second kappa shape index (κ2) is 11.6. The summed E-state index contributed by atoms with van der Waals surface area (Å²) in [6.07, 6.45) is -0.551. The topological polar surface area (TPSA) is 133 Å². The van der Waals surface area contributed by atoms with E-state index < -0.39 is 18.2 Å². The molecule has 0 unspecified atom stereocenters. The van der Waals surface area contributed by atoms with Crippen molar-refractivity contribution in [2.45, 2.75) is 124 Å². The van der Waals surface area contributed by atoms with Crippen molar-refractivity contribution in [2.24, 2.45) is 11.7 Å². The molecule has 2 amide bonds. The number of hydrogen-bond donors (Lipinski definition) is 4. The summed E-state index contributed by atoms with van der Waals surface area (Å²) >= 11 is 0. The second-order valence-electron chi connectivity index (χ2n) is 15.3. The summed E-state index contributed by atoms with van der Waals surface area (Å²) < 4.78 is 0. The number of carbonyl (C=O) groups excluding carboxylic acids is 2. The number of carbonyl (C=O) groups is 2. The first-order chi connectivity index (χ1) is 18.3. The van der Waals surface area contributed by atoms with Gasteiger partial charge in [0.05, 0.1) is 13.1 Å². The SMILES string of the molecule is CC(C)(C)c1cc(CN(N)C(=O)CC(=O)N(N)Cc2cc(C(C)(C)C)cc(C(C)(C)C)c2O)c(O)c(C(C)(C)C)c1. The van der Waals surface area contributed by atoms with Gasteiger partial charge in [0.25, 0.3) is 0 Å². The number of amides is 2. The average Bonchev–Trinajstić information content (AvgIpc) is 2.78. The van der Waals surface area contributed by atoms with E-state index in [0.717, 1.165) is 32.3 Å². The Balaban J connectivity index is 2.28. The van der Waals surface area contributed by atoms with Gasteiger partial charge in [0.1, 0.15) is 17.9 Å². The van der Waals surface area contributed by atoms with Crippen molar-refractivity contribution in [3.63, 3.8) is 0 Å². The summed E-state index contributed by atoms with van der Waals surface area (Å²) in [4.78, 5) is 26.0. The molecule has 0 atom stereocenters. The first-order valence-corrected chi connectivity index (χ1v) is 14.2. The predicted octanol–water partition coefficient (Wildman–Crippen LogP) is 5.78. The zero-order valence-corrected chi connectivity index (χ0v) is 27.2. The molecule has 0 fully saturated rings. The van der Waals surface area contributed by atoms with E-state index in [1.54, 1.807) is 0 Å². The van der Waals surface area contributed by atoms with Crippen molar-refractivity contribution in [3.05, 3.63) is 57.6 Å². The summed E-state index contributed by atoms with van der Waals surface area (Å²) in [6, 6.07) is 7.69. The molecule has 0 radical (unpaired) electrons. The van der Waals surface area contributed by atoms with Crippen LogP contribution in [0.5, 0.6) is 11.5 Å². The van der Waals surface area contributed by atoms with Crippen LogP contribution in [0.2, 0.25) is 0 Å². The molecule has 8 nitrogen and oxygen atoms in total. The molecule has 0 aliphatic rings. The summed E-state index contributed by atoms with van der Waals surface area (Å²) in [6.45, 7) is 24.4. The second-order valence-corrected chi connectivity index (χ2v) is 15.3. The van der Waals surface area contributed by atoms with Gasteiger partial charge in [-0.1, -0.05) is 95.2 Å². The number of hydrazine groups is 2. The quantitative estimate of drug-likeness (QED) is 0.151. The lowest BCUT2D eigenvalue weighted by molar-refractivity contribution is -0.141. The lowest BCUT2D eigenvalue weighted by atomic mass is 9.79. The van der Waals surface area contributed by atoms with E-state index in [2.05, 4.69) is 41.5 Å². The molecule has 2 rings (SSSR count). The Kier molecular flexibility index (Phi) is 9.69. The Labute approximate surface area is 246 Å². The van der Waals surface area contributed by atoms with E-state index in [-0.39, 0.29) is 46.2 Å². The van der Waals surface area contributed by atoms with Crippen LogP contribution >= 0.6 is 0 Å². The zero-order chi connectivity index (χ0) is 31.9. The molecule has 2 aromatic carbocycles. The van der Waals surface area contributed by atoms with Crippen LogP contribution in [0, 0.1) is 0 Å². The highest BCUT2D eigenvalue weighted by atomic mass is 16.3. The van der Waals surface area contributed by atoms with E-state index in [1.807, 2.05) is 65.8 Å². The smallest absolute Gasteiger partial charge is 0.246 e. The summed E-state index contributed by atoms with van der Waals surface area (Å²) in [7, 11) is 0. The summed E-state index contributed by atoms with van der Waals surface area (Å²) in [5, 5.41) is 24.0. The first-order valence-electron chi connectivity index (χ1n) is 14.2. The van der Waals surface area contributed by atoms with Crippen molar-refractivity contribution in [1.82, 2.24) is 10.0 Å². The van der Waals surface area contributed by atoms with Crippen LogP contribution in [0.25, 0.3) is 0 Å². The third-order valence-electron chi connectivity index (χ3n) is 7.35. The van der Waals surface area contributed by atoms with Crippen molar-refractivity contribution >= 4 is 11.8 Å². The fourth-order valence-electron chi connectivity index (χ4n) is 4.52. The maximum absolute atomic E-state index is 13.0. The van der Waals surface area contributed by atoms with Crippen LogP contribution in [-0.4, -0.2) is 32.0 Å². The molecule has 0 saturated carbocycles. The fourth-order valence-corrected chi connectivity index (χ4v) is 4.52. The standard InChI is InChI=1S/C33H52N4O4/c1-30(2,3)22-13-20(28(40)24(15-22)32(7,8)9)18-36(34)26(38)17-27(39)37(35)19-21-14-23(31(4,5)6)16-25(29(21)41)33(10,11)12/h13-16,40-41H,17-19,34-35H2,1-12H3. The predicted molar refractivity (Wildman–Crippen MR) is 165 cm³/mol. The minimum Gasteiger partial charge on any atom is -0.507 e. The molecule has 0 aromatic heterocycles. The van der Waals surface area contributed by atoms with Gasteiger partial charge in [0.15, 0.2) is 0 Å². The Bertz CT molecular complexity index is 1190. The molecule has 0 spiro atoms. The molecular weight excluding hydrogens is 516 g/mol. The van der Waals surface area contributed by atoms with E-state index in [1.165, 1.54) is 0 Å². The largest absolute Gasteiger partial charge is 0.507 e. The zero-order valence-electron chi connectivity index (χ0n) is 27.2. The monoisotopic (exact) mass is 568 g/mol. The van der Waals surface area contributed by atoms with Gasteiger partial charge in [0.2, 0.25) is 11.8 Å². The number of nitrogens with two attached hydrogens (primary N) is 2. The highest BCUT2D eigenvalue weighted by molar-refractivity contribution is 5.96. The first kappa shape index (κ1) is 34.1. The molecule has 0 bridgehead atoms. The maximum Gasteiger partial charge on any atom is 0.246 e. The molecule has 0 heterocycles. The van der Waals surface area contributed by atoms with Gasteiger partial charge in [-0.15, -0.1) is 0 Å². The highest BCUT2D eigenvalue weighted by Crippen LogP contribution is 2.39. The van der Waals surface area contributed by atoms with Crippen LogP contribution in [0.15, 0.2) is 24.3 Å². The maximum atomic E-state index is 13.0.